The molecule has 3 aromatic rings. The van der Waals surface area contributed by atoms with Crippen LogP contribution >= 0.6 is 0 Å². The van der Waals surface area contributed by atoms with Gasteiger partial charge < -0.3 is 9.90 Å². The number of benzene rings is 2. The van der Waals surface area contributed by atoms with E-state index in [2.05, 4.69) is 48.2 Å². The van der Waals surface area contributed by atoms with Crippen LogP contribution in [0.3, 0.4) is 0 Å². The van der Waals surface area contributed by atoms with Gasteiger partial charge in [-0.1, -0.05) is 35.9 Å². The molecular weight excluding hydrogens is 402 g/mol. The van der Waals surface area contributed by atoms with E-state index < -0.39 is 6.04 Å². The summed E-state index contributed by atoms with van der Waals surface area (Å²) in [5.41, 5.74) is 5.35. The summed E-state index contributed by atoms with van der Waals surface area (Å²) >= 11 is 0. The van der Waals surface area contributed by atoms with Gasteiger partial charge >= 0.3 is 5.69 Å². The minimum atomic E-state index is -0.551. The van der Waals surface area contributed by atoms with Gasteiger partial charge in [0.05, 0.1) is 17.1 Å². The summed E-state index contributed by atoms with van der Waals surface area (Å²) < 4.78 is 3.19. The molecule has 6 heteroatoms. The second kappa shape index (κ2) is 9.84. The third-order valence-electron chi connectivity index (χ3n) is 6.84. The van der Waals surface area contributed by atoms with Crippen LogP contribution in [0, 0.1) is 6.92 Å². The van der Waals surface area contributed by atoms with E-state index in [4.69, 9.17) is 5.11 Å². The Morgan fingerprint density at radius 3 is 2.47 bits per heavy atom. The maximum absolute atomic E-state index is 12.8. The van der Waals surface area contributed by atoms with E-state index in [-0.39, 0.29) is 12.3 Å². The number of aryl methyl sites for hydroxylation is 2. The molecule has 0 spiro atoms. The minimum absolute atomic E-state index is 0.00854. The number of nitrogens with zero attached hydrogens (tertiary/aromatic N) is 3. The van der Waals surface area contributed by atoms with E-state index in [9.17, 15) is 9.59 Å². The largest absolute Gasteiger partial charge is 0.396 e. The number of fused-ring (bicyclic) bond motifs is 1. The Hall–Kier alpha value is -2.70. The molecule has 0 radical (unpaired) electrons. The van der Waals surface area contributed by atoms with Gasteiger partial charge in [-0.2, -0.15) is 0 Å². The molecule has 2 aromatic carbocycles. The lowest BCUT2D eigenvalue weighted by atomic mass is 9.89. The van der Waals surface area contributed by atoms with Crippen LogP contribution in [-0.4, -0.2) is 45.1 Å². The quantitative estimate of drug-likeness (QED) is 0.550. The maximum atomic E-state index is 12.8. The predicted octanol–water partition coefficient (Wildman–Crippen LogP) is 3.54. The molecule has 1 aromatic heterocycles. The van der Waals surface area contributed by atoms with E-state index in [0.29, 0.717) is 18.8 Å². The first-order valence-electron chi connectivity index (χ1n) is 11.6. The Labute approximate surface area is 189 Å². The Morgan fingerprint density at radius 2 is 1.81 bits per heavy atom. The fourth-order valence-electron chi connectivity index (χ4n) is 4.91. The van der Waals surface area contributed by atoms with Gasteiger partial charge in [-0.05, 0) is 74.9 Å². The molecule has 1 fully saturated rings. The summed E-state index contributed by atoms with van der Waals surface area (Å²) in [5.74, 6) is 0.628. The zero-order chi connectivity index (χ0) is 22.7. The van der Waals surface area contributed by atoms with E-state index in [0.717, 1.165) is 49.8 Å². The van der Waals surface area contributed by atoms with Crippen molar-refractivity contribution in [2.24, 2.45) is 7.05 Å². The first-order valence-corrected chi connectivity index (χ1v) is 11.6. The molecule has 0 saturated carbocycles. The molecule has 4 rings (SSSR count). The normalized spacial score (nSPS) is 16.5. The van der Waals surface area contributed by atoms with Crippen LogP contribution in [0.5, 0.6) is 0 Å². The molecule has 1 atom stereocenters. The minimum Gasteiger partial charge on any atom is -0.396 e. The number of hydrogen-bond donors (Lipinski definition) is 1. The lowest BCUT2D eigenvalue weighted by molar-refractivity contribution is -0.110. The molecule has 6 nitrogen and oxygen atoms in total. The Morgan fingerprint density at radius 1 is 1.09 bits per heavy atom. The summed E-state index contributed by atoms with van der Waals surface area (Å²) in [6.45, 7) is 5.11. The summed E-state index contributed by atoms with van der Waals surface area (Å²) in [7, 11) is 1.76. The van der Waals surface area contributed by atoms with Crippen molar-refractivity contribution < 1.29 is 9.90 Å². The molecule has 0 aliphatic carbocycles. The number of aldehydes is 1. The van der Waals surface area contributed by atoms with Crippen LogP contribution in [0.2, 0.25) is 0 Å². The smallest absolute Gasteiger partial charge is 0.329 e. The Balaban J connectivity index is 1.48. The number of carbonyl (C=O) groups is 1. The molecule has 170 valence electrons. The SMILES string of the molecule is Cc1ccc(C2CCN(Cc3ccc4c(c3)n(C)c(=O)n4C(C=O)CCCO)CC2)cc1. The molecular formula is C26H33N3O3. The van der Waals surface area contributed by atoms with Gasteiger partial charge in [0.1, 0.15) is 6.29 Å². The highest BCUT2D eigenvalue weighted by Gasteiger charge is 2.22. The third-order valence-corrected chi connectivity index (χ3v) is 6.84. The van der Waals surface area contributed by atoms with Gasteiger partial charge in [0.25, 0.3) is 0 Å². The van der Waals surface area contributed by atoms with Crippen LogP contribution in [0.15, 0.2) is 47.3 Å². The lowest BCUT2D eigenvalue weighted by Gasteiger charge is -2.32. The molecule has 1 unspecified atom stereocenters. The average molecular weight is 436 g/mol. The molecule has 0 bridgehead atoms. The van der Waals surface area contributed by atoms with Crippen LogP contribution in [0.25, 0.3) is 11.0 Å². The van der Waals surface area contributed by atoms with E-state index in [1.165, 1.54) is 16.7 Å². The number of hydrogen-bond acceptors (Lipinski definition) is 4. The van der Waals surface area contributed by atoms with Crippen molar-refractivity contribution in [3.05, 3.63) is 69.6 Å². The highest BCUT2D eigenvalue weighted by molar-refractivity contribution is 5.78. The fourth-order valence-corrected chi connectivity index (χ4v) is 4.91. The van der Waals surface area contributed by atoms with Crippen molar-refractivity contribution in [1.29, 1.82) is 0 Å². The fraction of sp³-hybridized carbons (Fsp3) is 0.462. The topological polar surface area (TPSA) is 67.5 Å². The van der Waals surface area contributed by atoms with Gasteiger partial charge in [0.2, 0.25) is 0 Å². The van der Waals surface area contributed by atoms with Gasteiger partial charge in [-0.15, -0.1) is 0 Å². The van der Waals surface area contributed by atoms with Crippen molar-refractivity contribution in [1.82, 2.24) is 14.0 Å². The average Bonchev–Trinajstić information content (AvgIpc) is 3.06. The summed E-state index contributed by atoms with van der Waals surface area (Å²) in [6.07, 6.45) is 4.07. The Kier molecular flexibility index (Phi) is 6.92. The summed E-state index contributed by atoms with van der Waals surface area (Å²) in [6, 6.07) is 14.5. The second-order valence-electron chi connectivity index (χ2n) is 9.07. The highest BCUT2D eigenvalue weighted by atomic mass is 16.3. The van der Waals surface area contributed by atoms with Crippen molar-refractivity contribution in [3.63, 3.8) is 0 Å². The number of rotatable bonds is 8. The first-order chi connectivity index (χ1) is 15.5. The van der Waals surface area contributed by atoms with Crippen molar-refractivity contribution in [2.75, 3.05) is 19.7 Å². The summed E-state index contributed by atoms with van der Waals surface area (Å²) in [4.78, 5) is 27.0. The molecule has 1 saturated heterocycles. The molecule has 32 heavy (non-hydrogen) atoms. The van der Waals surface area contributed by atoms with E-state index in [1.54, 1.807) is 16.2 Å². The molecule has 2 heterocycles. The summed E-state index contributed by atoms with van der Waals surface area (Å²) in [5, 5.41) is 9.12. The van der Waals surface area contributed by atoms with Crippen LogP contribution < -0.4 is 5.69 Å². The molecule has 1 N–H and O–H groups in total. The number of aliphatic hydroxyl groups is 1. The van der Waals surface area contributed by atoms with Crippen molar-refractivity contribution in [3.8, 4) is 0 Å². The van der Waals surface area contributed by atoms with Gasteiger partial charge in [0, 0.05) is 20.2 Å². The monoisotopic (exact) mass is 435 g/mol. The highest BCUT2D eigenvalue weighted by Crippen LogP contribution is 2.29. The number of aromatic nitrogens is 2. The zero-order valence-corrected chi connectivity index (χ0v) is 19.0. The van der Waals surface area contributed by atoms with E-state index >= 15 is 0 Å². The number of carbonyl (C=O) groups excluding carboxylic acids is 1. The molecule has 1 aliphatic rings. The number of likely N-dealkylation sites (tertiary alicyclic amines) is 1. The van der Waals surface area contributed by atoms with Crippen molar-refractivity contribution in [2.45, 2.75) is 51.1 Å². The Bertz CT molecular complexity index is 1120. The molecule has 0 amide bonds. The third kappa shape index (κ3) is 4.57. The first kappa shape index (κ1) is 22.5. The van der Waals surface area contributed by atoms with E-state index in [1.807, 2.05) is 6.07 Å². The predicted molar refractivity (Wildman–Crippen MR) is 127 cm³/mol. The lowest BCUT2D eigenvalue weighted by Crippen LogP contribution is -2.32. The van der Waals surface area contributed by atoms with Gasteiger partial charge in [-0.25, -0.2) is 4.79 Å². The standard InChI is InChI=1S/C26H33N3O3/c1-19-5-8-21(9-6-19)22-11-13-28(14-12-22)17-20-7-10-24-25(16-20)27(2)26(32)29(24)23(18-31)4-3-15-30/h5-10,16,18,22-23,30H,3-4,11-15,17H2,1-2H3. The zero-order valence-electron chi connectivity index (χ0n) is 19.0. The van der Waals surface area contributed by atoms with Gasteiger partial charge in [0.15, 0.2) is 0 Å². The second-order valence-corrected chi connectivity index (χ2v) is 9.07. The van der Waals surface area contributed by atoms with Crippen molar-refractivity contribution >= 4 is 17.3 Å². The number of imidazole rings is 1. The van der Waals surface area contributed by atoms with Crippen LogP contribution in [-0.2, 0) is 18.4 Å². The number of aliphatic hydroxyl groups excluding tert-OH is 1. The van der Waals surface area contributed by atoms with Crippen LogP contribution in [0.4, 0.5) is 0 Å². The molecule has 1 aliphatic heterocycles. The van der Waals surface area contributed by atoms with Crippen LogP contribution in [0.1, 0.15) is 54.3 Å². The van der Waals surface area contributed by atoms with Gasteiger partial charge in [-0.3, -0.25) is 14.0 Å². The maximum Gasteiger partial charge on any atom is 0.329 e. The number of piperidine rings is 1.